The highest BCUT2D eigenvalue weighted by molar-refractivity contribution is 5.97. The van der Waals surface area contributed by atoms with E-state index in [1.54, 1.807) is 18.2 Å². The molecular formula is C12H14FNO2. The van der Waals surface area contributed by atoms with E-state index >= 15 is 0 Å². The Labute approximate surface area is 93.3 Å². The van der Waals surface area contributed by atoms with Crippen LogP contribution in [-0.4, -0.2) is 17.7 Å². The molecule has 1 aromatic carbocycles. The lowest BCUT2D eigenvalue weighted by atomic mass is 9.69. The van der Waals surface area contributed by atoms with Crippen LogP contribution >= 0.6 is 0 Å². The largest absolute Gasteiger partial charge is 0.506 e. The fourth-order valence-electron chi connectivity index (χ4n) is 1.86. The third-order valence-electron chi connectivity index (χ3n) is 3.20. The average molecular weight is 223 g/mol. The molecule has 0 saturated heterocycles. The molecule has 0 radical (unpaired) electrons. The summed E-state index contributed by atoms with van der Waals surface area (Å²) in [5, 5.41) is 12.1. The zero-order chi connectivity index (χ0) is 11.6. The number of carbonyl (C=O) groups excluding carboxylic acids is 1. The van der Waals surface area contributed by atoms with Crippen LogP contribution in [0.25, 0.3) is 0 Å². The first-order valence-corrected chi connectivity index (χ1v) is 5.33. The smallest absolute Gasteiger partial charge is 0.233 e. The number of rotatable bonds is 3. The van der Waals surface area contributed by atoms with Gasteiger partial charge in [-0.05, 0) is 25.0 Å². The van der Waals surface area contributed by atoms with Gasteiger partial charge >= 0.3 is 0 Å². The summed E-state index contributed by atoms with van der Waals surface area (Å²) in [6.07, 6.45) is 2.06. The predicted molar refractivity (Wildman–Crippen MR) is 59.0 cm³/mol. The number of nitrogens with one attached hydrogen (secondary N) is 1. The Morgan fingerprint density at radius 2 is 2.12 bits per heavy atom. The van der Waals surface area contributed by atoms with E-state index in [1.165, 1.54) is 6.07 Å². The van der Waals surface area contributed by atoms with Gasteiger partial charge in [0.25, 0.3) is 0 Å². The first-order valence-electron chi connectivity index (χ1n) is 5.33. The second-order valence-corrected chi connectivity index (χ2v) is 4.24. The Kier molecular flexibility index (Phi) is 2.81. The molecule has 1 aromatic rings. The Balaban J connectivity index is 2.10. The van der Waals surface area contributed by atoms with Crippen molar-refractivity contribution in [3.05, 3.63) is 24.3 Å². The predicted octanol–water partition coefficient (Wildman–Crippen LogP) is 2.47. The molecule has 2 rings (SSSR count). The Hall–Kier alpha value is -1.58. The maximum absolute atomic E-state index is 12.8. The van der Waals surface area contributed by atoms with E-state index in [9.17, 15) is 14.3 Å². The van der Waals surface area contributed by atoms with Crippen molar-refractivity contribution in [2.24, 2.45) is 5.41 Å². The van der Waals surface area contributed by atoms with Crippen LogP contribution in [0.1, 0.15) is 19.3 Å². The zero-order valence-electron chi connectivity index (χ0n) is 8.87. The molecule has 0 unspecified atom stereocenters. The van der Waals surface area contributed by atoms with Gasteiger partial charge in [0.1, 0.15) is 12.4 Å². The minimum Gasteiger partial charge on any atom is -0.506 e. The number of carbonyl (C=O) groups is 1. The van der Waals surface area contributed by atoms with Crippen LogP contribution in [0, 0.1) is 5.41 Å². The van der Waals surface area contributed by atoms with E-state index in [1.807, 2.05) is 0 Å². The SMILES string of the molecule is O=C(Nc1ccccc1O)C1(CF)CCC1. The molecule has 4 heteroatoms. The van der Waals surface area contributed by atoms with Gasteiger partial charge in [0, 0.05) is 0 Å². The summed E-state index contributed by atoms with van der Waals surface area (Å²) in [4.78, 5) is 11.8. The molecule has 1 aliphatic rings. The quantitative estimate of drug-likeness (QED) is 0.773. The number of aromatic hydroxyl groups is 1. The van der Waals surface area contributed by atoms with Gasteiger partial charge < -0.3 is 10.4 Å². The van der Waals surface area contributed by atoms with E-state index in [2.05, 4.69) is 5.32 Å². The Morgan fingerprint density at radius 1 is 1.44 bits per heavy atom. The molecule has 0 aliphatic heterocycles. The second-order valence-electron chi connectivity index (χ2n) is 4.24. The van der Waals surface area contributed by atoms with E-state index < -0.39 is 12.1 Å². The molecule has 2 N–H and O–H groups in total. The highest BCUT2D eigenvalue weighted by Crippen LogP contribution is 2.42. The minimum absolute atomic E-state index is 0.00387. The summed E-state index contributed by atoms with van der Waals surface area (Å²) < 4.78 is 12.8. The molecule has 0 aromatic heterocycles. The standard InChI is InChI=1S/C12H14FNO2/c13-8-12(6-3-7-12)11(16)14-9-4-1-2-5-10(9)15/h1-2,4-5,15H,3,6-8H2,(H,14,16). The number of phenols is 1. The molecule has 0 spiro atoms. The van der Waals surface area contributed by atoms with Gasteiger partial charge in [-0.1, -0.05) is 18.6 Å². The van der Waals surface area contributed by atoms with E-state index in [0.717, 1.165) is 6.42 Å². The lowest BCUT2D eigenvalue weighted by Gasteiger charge is -2.37. The van der Waals surface area contributed by atoms with E-state index in [0.29, 0.717) is 18.5 Å². The summed E-state index contributed by atoms with van der Waals surface area (Å²) in [5.74, 6) is -0.327. The summed E-state index contributed by atoms with van der Waals surface area (Å²) in [6.45, 7) is -0.633. The normalized spacial score (nSPS) is 17.6. The van der Waals surface area contributed by atoms with Crippen molar-refractivity contribution in [3.8, 4) is 5.75 Å². The van der Waals surface area contributed by atoms with Gasteiger partial charge in [-0.15, -0.1) is 0 Å². The average Bonchev–Trinajstić information content (AvgIpc) is 2.21. The first-order chi connectivity index (χ1) is 7.68. The van der Waals surface area contributed by atoms with Crippen LogP contribution < -0.4 is 5.32 Å². The Bertz CT molecular complexity index is 396. The number of phenolic OH excluding ortho intramolecular Hbond substituents is 1. The molecule has 86 valence electrons. The Morgan fingerprint density at radius 3 is 2.62 bits per heavy atom. The van der Waals surface area contributed by atoms with Crippen LogP contribution in [0.15, 0.2) is 24.3 Å². The third kappa shape index (κ3) is 1.75. The molecule has 1 fully saturated rings. The molecule has 1 amide bonds. The fourth-order valence-corrected chi connectivity index (χ4v) is 1.86. The topological polar surface area (TPSA) is 49.3 Å². The second kappa shape index (κ2) is 4.12. The third-order valence-corrected chi connectivity index (χ3v) is 3.20. The molecule has 3 nitrogen and oxygen atoms in total. The summed E-state index contributed by atoms with van der Waals surface area (Å²) in [7, 11) is 0. The van der Waals surface area contributed by atoms with Gasteiger partial charge in [-0.2, -0.15) is 0 Å². The molecule has 0 bridgehead atoms. The maximum atomic E-state index is 12.8. The van der Waals surface area contributed by atoms with Crippen LogP contribution in [-0.2, 0) is 4.79 Å². The van der Waals surface area contributed by atoms with Crippen molar-refractivity contribution in [3.63, 3.8) is 0 Å². The number of benzene rings is 1. The van der Waals surface area contributed by atoms with Gasteiger partial charge in [0.15, 0.2) is 0 Å². The number of anilines is 1. The van der Waals surface area contributed by atoms with Gasteiger partial charge in [0.2, 0.25) is 5.91 Å². The number of para-hydroxylation sites is 2. The number of halogens is 1. The van der Waals surface area contributed by atoms with Crippen LogP contribution in [0.4, 0.5) is 10.1 Å². The molecule has 16 heavy (non-hydrogen) atoms. The van der Waals surface area contributed by atoms with E-state index in [4.69, 9.17) is 0 Å². The van der Waals surface area contributed by atoms with Crippen molar-refractivity contribution in [2.75, 3.05) is 12.0 Å². The fraction of sp³-hybridized carbons (Fsp3) is 0.417. The lowest BCUT2D eigenvalue weighted by molar-refractivity contribution is -0.131. The maximum Gasteiger partial charge on any atom is 0.233 e. The first kappa shape index (κ1) is 10.9. The van der Waals surface area contributed by atoms with Crippen LogP contribution in [0.5, 0.6) is 5.75 Å². The molecule has 1 aliphatic carbocycles. The highest BCUT2D eigenvalue weighted by atomic mass is 19.1. The minimum atomic E-state index is -0.859. The van der Waals surface area contributed by atoms with Crippen molar-refractivity contribution in [1.82, 2.24) is 0 Å². The van der Waals surface area contributed by atoms with E-state index in [-0.39, 0.29) is 11.7 Å². The van der Waals surface area contributed by atoms with Gasteiger partial charge in [0.05, 0.1) is 11.1 Å². The number of hydrogen-bond acceptors (Lipinski definition) is 2. The monoisotopic (exact) mass is 223 g/mol. The molecular weight excluding hydrogens is 209 g/mol. The number of hydrogen-bond donors (Lipinski definition) is 2. The van der Waals surface area contributed by atoms with Crippen molar-refractivity contribution in [1.29, 1.82) is 0 Å². The lowest BCUT2D eigenvalue weighted by Crippen LogP contribution is -2.43. The molecule has 0 atom stereocenters. The van der Waals surface area contributed by atoms with Gasteiger partial charge in [-0.25, -0.2) is 4.39 Å². The van der Waals surface area contributed by atoms with Crippen molar-refractivity contribution in [2.45, 2.75) is 19.3 Å². The van der Waals surface area contributed by atoms with Crippen molar-refractivity contribution < 1.29 is 14.3 Å². The van der Waals surface area contributed by atoms with Crippen molar-refractivity contribution >= 4 is 11.6 Å². The van der Waals surface area contributed by atoms with Crippen LogP contribution in [0.3, 0.4) is 0 Å². The van der Waals surface area contributed by atoms with Gasteiger partial charge in [-0.3, -0.25) is 4.79 Å². The highest BCUT2D eigenvalue weighted by Gasteiger charge is 2.44. The summed E-state index contributed by atoms with van der Waals surface area (Å²) >= 11 is 0. The number of alkyl halides is 1. The molecule has 0 heterocycles. The molecule has 1 saturated carbocycles. The number of amides is 1. The van der Waals surface area contributed by atoms with Crippen LogP contribution in [0.2, 0.25) is 0 Å². The summed E-state index contributed by atoms with van der Waals surface area (Å²) in [5.41, 5.74) is -0.519. The summed E-state index contributed by atoms with van der Waals surface area (Å²) in [6, 6.07) is 6.45. The zero-order valence-corrected chi connectivity index (χ0v) is 8.87.